The third kappa shape index (κ3) is 3.69. The fourth-order valence-electron chi connectivity index (χ4n) is 2.78. The first-order valence-corrected chi connectivity index (χ1v) is 11.8. The van der Waals surface area contributed by atoms with E-state index in [9.17, 15) is 16.8 Å². The molecule has 3 rings (SSSR count). The van der Waals surface area contributed by atoms with Gasteiger partial charge in [0.15, 0.2) is 0 Å². The standard InChI is InChI=1S/C15H21ClN5O5S2/c1-11(2)27(22,23)15-14(17)26-18-21(15)19-7-9-20(10-8-19)28(24,25)13-5-3-12(16)4-6-13/h3-6,11H,7-10,17H2,1-2H3/q+1. The number of halogens is 1. The van der Waals surface area contributed by atoms with Crippen molar-refractivity contribution < 1.29 is 26.1 Å². The number of piperazine rings is 1. The number of sulfone groups is 1. The zero-order valence-electron chi connectivity index (χ0n) is 15.3. The Bertz CT molecular complexity index is 1060. The van der Waals surface area contributed by atoms with Gasteiger partial charge >= 0.3 is 10.9 Å². The highest BCUT2D eigenvalue weighted by Gasteiger charge is 2.43. The second kappa shape index (κ2) is 7.50. The lowest BCUT2D eigenvalue weighted by Crippen LogP contribution is -2.67. The second-order valence-corrected chi connectivity index (χ2v) is 11.3. The molecule has 0 unspecified atom stereocenters. The van der Waals surface area contributed by atoms with E-state index in [0.717, 1.165) is 4.79 Å². The normalized spacial score (nSPS) is 16.6. The predicted molar refractivity (Wildman–Crippen MR) is 102 cm³/mol. The lowest BCUT2D eigenvalue weighted by Gasteiger charge is -2.29. The molecule has 0 radical (unpaired) electrons. The van der Waals surface area contributed by atoms with Crippen LogP contribution in [0.2, 0.25) is 5.02 Å². The molecule has 0 bridgehead atoms. The van der Waals surface area contributed by atoms with Gasteiger partial charge in [0.25, 0.3) is 9.84 Å². The molecule has 2 heterocycles. The largest absolute Gasteiger partial charge is 0.420 e. The summed E-state index contributed by atoms with van der Waals surface area (Å²) < 4.78 is 56.9. The molecule has 0 atom stereocenters. The first-order chi connectivity index (χ1) is 13.0. The van der Waals surface area contributed by atoms with E-state index >= 15 is 0 Å². The number of hydrogen-bond donors (Lipinski definition) is 1. The summed E-state index contributed by atoms with van der Waals surface area (Å²) in [7, 11) is -7.42. The Morgan fingerprint density at radius 2 is 1.68 bits per heavy atom. The Balaban J connectivity index is 1.81. The number of benzene rings is 1. The Morgan fingerprint density at radius 1 is 1.11 bits per heavy atom. The molecular formula is C15H21ClN5O5S2+. The molecule has 10 nitrogen and oxygen atoms in total. The topological polar surface area (TPSA) is 131 Å². The van der Waals surface area contributed by atoms with E-state index in [-0.39, 0.29) is 42.0 Å². The molecule has 13 heteroatoms. The smallest absolute Gasteiger partial charge is 0.361 e. The van der Waals surface area contributed by atoms with Gasteiger partial charge in [0.05, 0.1) is 28.0 Å². The Morgan fingerprint density at radius 3 is 2.21 bits per heavy atom. The summed E-state index contributed by atoms with van der Waals surface area (Å²) in [5.74, 6) is -0.301. The SMILES string of the molecule is CC(C)S(=O)(=O)c1c(N)on[n+]1N1CCN(S(=O)(=O)c2ccc(Cl)cc2)CC1. The van der Waals surface area contributed by atoms with Crippen molar-refractivity contribution in [1.82, 2.24) is 9.58 Å². The molecule has 0 spiro atoms. The maximum absolute atomic E-state index is 12.8. The first kappa shape index (κ1) is 20.8. The van der Waals surface area contributed by atoms with Crippen LogP contribution in [0.1, 0.15) is 13.8 Å². The van der Waals surface area contributed by atoms with E-state index in [2.05, 4.69) is 5.27 Å². The molecule has 1 aliphatic rings. The van der Waals surface area contributed by atoms with E-state index in [0.29, 0.717) is 5.02 Å². The number of hydrogen-bond acceptors (Lipinski definition) is 8. The third-order valence-corrected chi connectivity index (χ3v) is 8.74. The van der Waals surface area contributed by atoms with Crippen LogP contribution in [0.5, 0.6) is 0 Å². The summed E-state index contributed by atoms with van der Waals surface area (Å²) in [5, 5.41) is 4.82. The Kier molecular flexibility index (Phi) is 5.58. The molecule has 1 saturated heterocycles. The predicted octanol–water partition coefficient (Wildman–Crippen LogP) is 0.0223. The maximum atomic E-state index is 12.8. The van der Waals surface area contributed by atoms with Crippen LogP contribution in [-0.4, -0.2) is 57.8 Å². The van der Waals surface area contributed by atoms with Crippen molar-refractivity contribution >= 4 is 37.3 Å². The molecule has 1 aromatic heterocycles. The van der Waals surface area contributed by atoms with Gasteiger partial charge < -0.3 is 5.73 Å². The fourth-order valence-corrected chi connectivity index (χ4v) is 5.47. The Labute approximate surface area is 168 Å². The minimum atomic E-state index is -3.74. The van der Waals surface area contributed by atoms with E-state index in [1.165, 1.54) is 42.4 Å². The summed E-state index contributed by atoms with van der Waals surface area (Å²) in [6.45, 7) is 3.78. The number of nitrogen functional groups attached to an aromatic ring is 1. The number of rotatable bonds is 5. The van der Waals surface area contributed by atoms with Crippen LogP contribution in [-0.2, 0) is 19.9 Å². The van der Waals surface area contributed by atoms with Gasteiger partial charge in [-0.2, -0.15) is 4.31 Å². The molecule has 28 heavy (non-hydrogen) atoms. The minimum Gasteiger partial charge on any atom is -0.361 e. The lowest BCUT2D eigenvalue weighted by molar-refractivity contribution is -0.790. The molecule has 154 valence electrons. The third-order valence-electron chi connectivity index (χ3n) is 4.43. The highest BCUT2D eigenvalue weighted by molar-refractivity contribution is 7.92. The number of anilines is 1. The molecule has 1 fully saturated rings. The summed E-state index contributed by atoms with van der Waals surface area (Å²) in [6, 6.07) is 5.93. The van der Waals surface area contributed by atoms with Gasteiger partial charge in [0, 0.05) is 18.1 Å². The minimum absolute atomic E-state index is 0.145. The molecule has 0 saturated carbocycles. The van der Waals surface area contributed by atoms with Gasteiger partial charge in [-0.05, 0) is 38.1 Å². The van der Waals surface area contributed by atoms with Crippen LogP contribution in [0.3, 0.4) is 0 Å². The summed E-state index contributed by atoms with van der Waals surface area (Å²) in [6.07, 6.45) is 0. The van der Waals surface area contributed by atoms with Gasteiger partial charge in [-0.15, -0.1) is 5.01 Å². The monoisotopic (exact) mass is 450 g/mol. The molecule has 1 aliphatic heterocycles. The fraction of sp³-hybridized carbons (Fsp3) is 0.467. The van der Waals surface area contributed by atoms with Crippen molar-refractivity contribution in [3.05, 3.63) is 29.3 Å². The number of sulfonamides is 1. The second-order valence-electron chi connectivity index (χ2n) is 6.54. The van der Waals surface area contributed by atoms with Crippen LogP contribution >= 0.6 is 11.6 Å². The summed E-state index contributed by atoms with van der Waals surface area (Å²) >= 11 is 5.82. The van der Waals surface area contributed by atoms with E-state index < -0.39 is 25.1 Å². The molecule has 2 N–H and O–H groups in total. The van der Waals surface area contributed by atoms with Gasteiger partial charge in [-0.3, -0.25) is 4.52 Å². The molecular weight excluding hydrogens is 430 g/mol. The van der Waals surface area contributed by atoms with Crippen LogP contribution < -0.4 is 15.5 Å². The van der Waals surface area contributed by atoms with Crippen LogP contribution in [0.25, 0.3) is 0 Å². The summed E-state index contributed by atoms with van der Waals surface area (Å²) in [5.41, 5.74) is 5.68. The van der Waals surface area contributed by atoms with E-state index in [1.807, 2.05) is 0 Å². The zero-order valence-corrected chi connectivity index (χ0v) is 17.7. The van der Waals surface area contributed by atoms with Gasteiger partial charge in [0.2, 0.25) is 15.3 Å². The van der Waals surface area contributed by atoms with Crippen LogP contribution in [0.4, 0.5) is 5.88 Å². The van der Waals surface area contributed by atoms with Crippen molar-refractivity contribution in [2.24, 2.45) is 0 Å². The van der Waals surface area contributed by atoms with Crippen LogP contribution in [0.15, 0.2) is 38.7 Å². The summed E-state index contributed by atoms with van der Waals surface area (Å²) in [4.78, 5) is 1.25. The van der Waals surface area contributed by atoms with Crippen molar-refractivity contribution in [2.45, 2.75) is 29.0 Å². The molecule has 2 aromatic rings. The number of nitrogens with zero attached hydrogens (tertiary/aromatic N) is 4. The highest BCUT2D eigenvalue weighted by Crippen LogP contribution is 2.21. The van der Waals surface area contributed by atoms with Crippen molar-refractivity contribution in [3.8, 4) is 0 Å². The van der Waals surface area contributed by atoms with Gasteiger partial charge in [0.1, 0.15) is 0 Å². The van der Waals surface area contributed by atoms with Gasteiger partial charge in [-0.25, -0.2) is 16.8 Å². The van der Waals surface area contributed by atoms with Crippen molar-refractivity contribution in [1.29, 1.82) is 0 Å². The maximum Gasteiger partial charge on any atom is 0.420 e. The first-order valence-electron chi connectivity index (χ1n) is 8.47. The van der Waals surface area contributed by atoms with Gasteiger partial charge in [-0.1, -0.05) is 11.6 Å². The highest BCUT2D eigenvalue weighted by atomic mass is 35.5. The van der Waals surface area contributed by atoms with Crippen LogP contribution in [0, 0.1) is 0 Å². The quantitative estimate of drug-likeness (QED) is 0.631. The Hall–Kier alpha value is -1.89. The number of nitrogens with two attached hydrogens (primary N) is 1. The van der Waals surface area contributed by atoms with E-state index in [1.54, 1.807) is 5.01 Å². The van der Waals surface area contributed by atoms with Crippen molar-refractivity contribution in [2.75, 3.05) is 36.9 Å². The average Bonchev–Trinajstić information content (AvgIpc) is 3.04. The van der Waals surface area contributed by atoms with Crippen molar-refractivity contribution in [3.63, 3.8) is 0 Å². The molecule has 1 aromatic carbocycles. The molecule has 0 aliphatic carbocycles. The average molecular weight is 451 g/mol. The lowest BCUT2D eigenvalue weighted by atomic mass is 10.4. The number of aromatic nitrogens is 2. The zero-order chi connectivity index (χ0) is 20.7. The van der Waals surface area contributed by atoms with E-state index in [4.69, 9.17) is 21.9 Å². The molecule has 0 amide bonds.